The van der Waals surface area contributed by atoms with Gasteiger partial charge in [0.1, 0.15) is 22.3 Å². The van der Waals surface area contributed by atoms with Gasteiger partial charge < -0.3 is 8.83 Å². The summed E-state index contributed by atoms with van der Waals surface area (Å²) >= 11 is 0. The second kappa shape index (κ2) is 12.0. The van der Waals surface area contributed by atoms with Gasteiger partial charge in [-0.1, -0.05) is 146 Å². The molecule has 0 aliphatic heterocycles. The van der Waals surface area contributed by atoms with Gasteiger partial charge in [-0.15, -0.1) is 0 Å². The van der Waals surface area contributed by atoms with Gasteiger partial charge in [-0.05, 0) is 57.3 Å². The maximum atomic E-state index is 6.77. The van der Waals surface area contributed by atoms with Crippen LogP contribution in [0.4, 0.5) is 0 Å². The van der Waals surface area contributed by atoms with E-state index in [0.717, 1.165) is 110 Å². The molecule has 9 aromatic carbocycles. The van der Waals surface area contributed by atoms with Gasteiger partial charge in [0.15, 0.2) is 0 Å². The summed E-state index contributed by atoms with van der Waals surface area (Å²) in [7, 11) is 0. The zero-order valence-corrected chi connectivity index (χ0v) is 30.0. The van der Waals surface area contributed by atoms with Crippen molar-refractivity contribution >= 4 is 76.5 Å². The fourth-order valence-electron chi connectivity index (χ4n) is 8.63. The molecule has 0 atom stereocenters. The molecule has 4 heteroatoms. The molecule has 12 aromatic rings. The molecule has 0 saturated carbocycles. The monoisotopic (exact) mass is 714 g/mol. The van der Waals surface area contributed by atoms with Crippen LogP contribution >= 0.6 is 0 Å². The van der Waals surface area contributed by atoms with E-state index in [1.165, 1.54) is 10.8 Å². The summed E-state index contributed by atoms with van der Waals surface area (Å²) in [4.78, 5) is 10.3. The van der Waals surface area contributed by atoms with Crippen LogP contribution in [0.1, 0.15) is 0 Å². The number of aromatic nitrogens is 2. The van der Waals surface area contributed by atoms with E-state index in [4.69, 9.17) is 18.8 Å². The molecule has 56 heavy (non-hydrogen) atoms. The maximum absolute atomic E-state index is 6.77. The van der Waals surface area contributed by atoms with Gasteiger partial charge in [0.25, 0.3) is 0 Å². The summed E-state index contributed by atoms with van der Waals surface area (Å²) in [5.74, 6) is 0. The highest BCUT2D eigenvalue weighted by Gasteiger charge is 2.20. The number of hydrogen-bond acceptors (Lipinski definition) is 4. The topological polar surface area (TPSA) is 52.1 Å². The number of hydrogen-bond donors (Lipinski definition) is 0. The molecule has 3 heterocycles. The van der Waals surface area contributed by atoms with Crippen molar-refractivity contribution in [2.24, 2.45) is 0 Å². The van der Waals surface area contributed by atoms with Crippen molar-refractivity contribution in [2.45, 2.75) is 0 Å². The molecule has 0 aliphatic rings. The normalized spacial score (nSPS) is 11.9. The van der Waals surface area contributed by atoms with Crippen molar-refractivity contribution in [1.82, 2.24) is 9.97 Å². The molecule has 4 nitrogen and oxygen atoms in total. The van der Waals surface area contributed by atoms with Gasteiger partial charge >= 0.3 is 0 Å². The second-order valence-corrected chi connectivity index (χ2v) is 14.5. The van der Waals surface area contributed by atoms with Crippen LogP contribution in [0.3, 0.4) is 0 Å². The van der Waals surface area contributed by atoms with Crippen LogP contribution < -0.4 is 0 Å². The molecule has 0 radical (unpaired) electrons. The van der Waals surface area contributed by atoms with Crippen molar-refractivity contribution in [3.05, 3.63) is 182 Å². The number of para-hydroxylation sites is 1. The van der Waals surface area contributed by atoms with Gasteiger partial charge in [0, 0.05) is 55.1 Å². The zero-order valence-electron chi connectivity index (χ0n) is 30.0. The minimum absolute atomic E-state index is 0.794. The Labute approximate surface area is 320 Å². The Morgan fingerprint density at radius 2 is 0.875 bits per heavy atom. The third-order valence-electron chi connectivity index (χ3n) is 11.3. The van der Waals surface area contributed by atoms with Crippen molar-refractivity contribution in [2.75, 3.05) is 0 Å². The molecular weight excluding hydrogens is 685 g/mol. The molecule has 0 saturated heterocycles. The minimum Gasteiger partial charge on any atom is -0.455 e. The number of fused-ring (bicyclic) bond motifs is 12. The Kier molecular flexibility index (Phi) is 6.60. The lowest BCUT2D eigenvalue weighted by molar-refractivity contribution is 0.657. The Bertz CT molecular complexity index is 3490. The summed E-state index contributed by atoms with van der Waals surface area (Å²) < 4.78 is 13.4. The average Bonchev–Trinajstić information content (AvgIpc) is 3.83. The lowest BCUT2D eigenvalue weighted by Crippen LogP contribution is -1.92. The Morgan fingerprint density at radius 1 is 0.321 bits per heavy atom. The van der Waals surface area contributed by atoms with Crippen LogP contribution in [0, 0.1) is 0 Å². The van der Waals surface area contributed by atoms with E-state index in [2.05, 4.69) is 164 Å². The molecule has 260 valence electrons. The molecule has 0 spiro atoms. The molecular formula is C52H30N2O2. The van der Waals surface area contributed by atoms with E-state index in [-0.39, 0.29) is 0 Å². The van der Waals surface area contributed by atoms with E-state index >= 15 is 0 Å². The summed E-state index contributed by atoms with van der Waals surface area (Å²) in [6, 6.07) is 61.7. The third kappa shape index (κ3) is 4.66. The first-order chi connectivity index (χ1) is 27.7. The van der Waals surface area contributed by atoms with Gasteiger partial charge in [-0.25, -0.2) is 4.98 Å². The lowest BCUT2D eigenvalue weighted by Gasteiger charge is -2.11. The molecule has 0 N–H and O–H groups in total. The smallest absolute Gasteiger partial charge is 0.143 e. The SMILES string of the molecule is c1ccc(-c2cccc3c2oc2cc4oc5c(-c6ccccc6)cc(-c6cccc(-c7cnc8c9ccccc9c9ccccc9c8n7)c6)cc5c4cc23)cc1. The fourth-order valence-corrected chi connectivity index (χ4v) is 8.63. The van der Waals surface area contributed by atoms with Crippen molar-refractivity contribution in [3.63, 3.8) is 0 Å². The predicted octanol–water partition coefficient (Wildman–Crippen LogP) is 14.4. The molecule has 3 aromatic heterocycles. The van der Waals surface area contributed by atoms with Gasteiger partial charge in [0.2, 0.25) is 0 Å². The van der Waals surface area contributed by atoms with E-state index in [0.29, 0.717) is 0 Å². The van der Waals surface area contributed by atoms with Crippen molar-refractivity contribution in [1.29, 1.82) is 0 Å². The van der Waals surface area contributed by atoms with Gasteiger partial charge in [-0.2, -0.15) is 0 Å². The standard InChI is InChI=1S/C52H30N2O2/c1-3-13-31(14-4-1)36-23-12-24-41-43-28-44-45-27-35(26-42(32-15-5-2-6-16-32)52(45)56-48(44)29-47(43)55-51(36)41)33-17-11-18-34(25-33)46-30-53-49-39-21-9-7-19-37(39)38-20-8-10-22-40(38)50(49)54-46/h1-30H. The Morgan fingerprint density at radius 3 is 1.61 bits per heavy atom. The molecule has 0 unspecified atom stereocenters. The summed E-state index contributed by atoms with van der Waals surface area (Å²) in [6.07, 6.45) is 1.91. The molecule has 0 aliphatic carbocycles. The molecule has 0 amide bonds. The largest absolute Gasteiger partial charge is 0.455 e. The first-order valence-electron chi connectivity index (χ1n) is 18.9. The molecule has 12 rings (SSSR count). The highest BCUT2D eigenvalue weighted by atomic mass is 16.3. The summed E-state index contributed by atoms with van der Waals surface area (Å²) in [5.41, 5.74) is 13.5. The number of nitrogens with zero attached hydrogens (tertiary/aromatic N) is 2. The average molecular weight is 715 g/mol. The number of rotatable bonds is 4. The van der Waals surface area contributed by atoms with Gasteiger partial charge in [-0.3, -0.25) is 4.98 Å². The van der Waals surface area contributed by atoms with Crippen LogP contribution in [-0.2, 0) is 0 Å². The summed E-state index contributed by atoms with van der Waals surface area (Å²) in [6.45, 7) is 0. The first-order valence-corrected chi connectivity index (χ1v) is 18.9. The minimum atomic E-state index is 0.794. The van der Waals surface area contributed by atoms with E-state index in [1.54, 1.807) is 0 Å². The lowest BCUT2D eigenvalue weighted by atomic mass is 9.94. The Hall–Kier alpha value is -7.56. The molecule has 0 fully saturated rings. The van der Waals surface area contributed by atoms with Crippen LogP contribution in [0.2, 0.25) is 0 Å². The van der Waals surface area contributed by atoms with E-state index in [9.17, 15) is 0 Å². The number of furan rings is 2. The maximum Gasteiger partial charge on any atom is 0.143 e. The van der Waals surface area contributed by atoms with Gasteiger partial charge in [0.05, 0.1) is 22.9 Å². The highest BCUT2D eigenvalue weighted by molar-refractivity contribution is 6.23. The van der Waals surface area contributed by atoms with E-state index in [1.807, 2.05) is 18.3 Å². The third-order valence-corrected chi connectivity index (χ3v) is 11.3. The second-order valence-electron chi connectivity index (χ2n) is 14.5. The highest BCUT2D eigenvalue weighted by Crippen LogP contribution is 2.44. The van der Waals surface area contributed by atoms with Crippen LogP contribution in [0.25, 0.3) is 121 Å². The quantitative estimate of drug-likeness (QED) is 0.170. The number of benzene rings is 9. The van der Waals surface area contributed by atoms with Crippen LogP contribution in [0.5, 0.6) is 0 Å². The first kappa shape index (κ1) is 30.9. The van der Waals surface area contributed by atoms with Crippen LogP contribution in [-0.4, -0.2) is 9.97 Å². The predicted molar refractivity (Wildman–Crippen MR) is 231 cm³/mol. The fraction of sp³-hybridized carbons (Fsp3) is 0. The molecule has 0 bridgehead atoms. The van der Waals surface area contributed by atoms with Crippen molar-refractivity contribution < 1.29 is 8.83 Å². The summed E-state index contributed by atoms with van der Waals surface area (Å²) in [5, 5.41) is 8.85. The van der Waals surface area contributed by atoms with E-state index < -0.39 is 0 Å². The zero-order chi connectivity index (χ0) is 36.7. The Balaban J connectivity index is 1.05. The van der Waals surface area contributed by atoms with Crippen LogP contribution in [0.15, 0.2) is 191 Å². The van der Waals surface area contributed by atoms with Crippen molar-refractivity contribution in [3.8, 4) is 44.6 Å².